The predicted octanol–water partition coefficient (Wildman–Crippen LogP) is 7.73. The lowest BCUT2D eigenvalue weighted by Crippen LogP contribution is -2.53. The maximum absolute atomic E-state index is 12.5. The van der Waals surface area contributed by atoms with E-state index in [0.29, 0.717) is 25.7 Å². The van der Waals surface area contributed by atoms with E-state index in [-0.39, 0.29) is 12.8 Å². The van der Waals surface area contributed by atoms with Crippen molar-refractivity contribution in [1.29, 1.82) is 0 Å². The zero-order chi connectivity index (χ0) is 37.6. The van der Waals surface area contributed by atoms with Crippen molar-refractivity contribution in [3.8, 4) is 0 Å². The largest absolute Gasteiger partial charge is 0.394 e. The molecular weight excluding hydrogens is 502 g/mol. The van der Waals surface area contributed by atoms with Crippen LogP contribution < -0.4 is 5.32 Å². The fourth-order valence-corrected chi connectivity index (χ4v) is 5.00. The van der Waals surface area contributed by atoms with Gasteiger partial charge in [0.2, 0.25) is 5.91 Å². The predicted molar refractivity (Wildman–Crippen MR) is 168 cm³/mol. The Morgan fingerprint density at radius 2 is 1.12 bits per heavy atom. The molecule has 0 fully saturated rings. The molecule has 0 aliphatic carbocycles. The average molecular weight is 581 g/mol. The van der Waals surface area contributed by atoms with Crippen LogP contribution in [-0.4, -0.2) is 57.3 Å². The van der Waals surface area contributed by atoms with Crippen molar-refractivity contribution in [2.75, 3.05) is 6.61 Å². The van der Waals surface area contributed by atoms with E-state index in [9.17, 15) is 25.2 Å². The van der Waals surface area contributed by atoms with E-state index in [4.69, 9.17) is 12.3 Å². The number of aliphatic hydroxyl groups excluding tert-OH is 4. The summed E-state index contributed by atoms with van der Waals surface area (Å²) in [4.78, 5) is 12.5. The number of rotatable bonds is 31. The second-order valence-electron chi connectivity index (χ2n) is 11.3. The second-order valence-corrected chi connectivity index (χ2v) is 11.3. The third-order valence-electron chi connectivity index (χ3n) is 7.67. The van der Waals surface area contributed by atoms with Crippen molar-refractivity contribution in [2.24, 2.45) is 0 Å². The van der Waals surface area contributed by atoms with Crippen LogP contribution in [0.25, 0.3) is 0 Å². The molecule has 0 heterocycles. The lowest BCUT2D eigenvalue weighted by atomic mass is 9.99. The number of carbonyl (C=O) groups excluding carboxylic acids is 1. The van der Waals surface area contributed by atoms with Gasteiger partial charge in [-0.2, -0.15) is 0 Å². The third-order valence-corrected chi connectivity index (χ3v) is 7.67. The zero-order valence-electron chi connectivity index (χ0n) is 34.5. The normalized spacial score (nSPS) is 19.4. The molecule has 0 aromatic carbocycles. The van der Waals surface area contributed by atoms with Crippen LogP contribution in [0.4, 0.5) is 0 Å². The van der Waals surface area contributed by atoms with Gasteiger partial charge in [0.1, 0.15) is 12.2 Å². The Bertz CT molecular complexity index is 849. The minimum atomic E-state index is -3.33. The molecule has 0 spiro atoms. The van der Waals surface area contributed by atoms with Crippen molar-refractivity contribution in [1.82, 2.24) is 5.32 Å². The summed E-state index contributed by atoms with van der Waals surface area (Å²) in [6.45, 7) is -1.63. The summed E-state index contributed by atoms with van der Waals surface area (Å²) in [5.41, 5.74) is 0. The van der Waals surface area contributed by atoms with Gasteiger partial charge in [-0.3, -0.25) is 4.79 Å². The van der Waals surface area contributed by atoms with Gasteiger partial charge in [-0.1, -0.05) is 168 Å². The number of amides is 1. The lowest BCUT2D eigenvalue weighted by Gasteiger charge is -2.27. The lowest BCUT2D eigenvalue weighted by molar-refractivity contribution is -0.132. The van der Waals surface area contributed by atoms with E-state index >= 15 is 0 Å². The number of carbonyl (C=O) groups is 1. The topological polar surface area (TPSA) is 110 Å². The zero-order valence-corrected chi connectivity index (χ0v) is 25.5. The molecule has 0 aromatic rings. The van der Waals surface area contributed by atoms with Crippen molar-refractivity contribution in [3.05, 3.63) is 0 Å². The van der Waals surface area contributed by atoms with Crippen molar-refractivity contribution >= 4 is 5.91 Å². The van der Waals surface area contributed by atoms with Gasteiger partial charge in [0.15, 0.2) is 0 Å². The summed E-state index contributed by atoms with van der Waals surface area (Å²) in [7, 11) is 0. The molecule has 0 saturated heterocycles. The molecule has 240 valence electrons. The van der Waals surface area contributed by atoms with E-state index in [1.165, 1.54) is 51.4 Å². The summed E-state index contributed by atoms with van der Waals surface area (Å²) in [5.74, 6) is -0.702. The highest BCUT2D eigenvalue weighted by molar-refractivity contribution is 5.80. The van der Waals surface area contributed by atoms with Gasteiger partial charge in [0.05, 0.1) is 18.8 Å². The summed E-state index contributed by atoms with van der Waals surface area (Å²) >= 11 is 0. The fourth-order valence-electron chi connectivity index (χ4n) is 5.00. The smallest absolute Gasteiger partial charge is 0.249 e. The second kappa shape index (κ2) is 29.8. The standard InChI is InChI=1S/C34H69NO5/c1-3-5-7-9-11-13-15-17-19-21-23-25-27-31(37)33(39)30(29-36)35-34(40)32(38)28-26-24-22-20-18-16-14-12-10-8-6-4-2/h30-33,36-39H,3-29H2,1-2H3,(H,35,40)/t30-,31+,32-,33-/m0/s1/i2D3,4D2,6D2,8D2. The molecule has 0 bridgehead atoms. The molecule has 5 N–H and O–H groups in total. The quantitative estimate of drug-likeness (QED) is 0.0539. The minimum Gasteiger partial charge on any atom is -0.394 e. The summed E-state index contributed by atoms with van der Waals surface area (Å²) in [5, 5.41) is 43.3. The number of nitrogens with one attached hydrogen (secondary N) is 1. The monoisotopic (exact) mass is 581 g/mol. The van der Waals surface area contributed by atoms with Gasteiger partial charge in [0.25, 0.3) is 0 Å². The molecular formula is C34H69NO5. The fraction of sp³-hybridized carbons (Fsp3) is 0.971. The van der Waals surface area contributed by atoms with E-state index in [2.05, 4.69) is 12.2 Å². The van der Waals surface area contributed by atoms with Crippen LogP contribution in [0.5, 0.6) is 0 Å². The summed E-state index contributed by atoms with van der Waals surface area (Å²) in [6.07, 6.45) is 7.23. The van der Waals surface area contributed by atoms with Gasteiger partial charge in [-0.05, 0) is 12.8 Å². The SMILES string of the molecule is [2H]C([2H])([2H])C([2H])([2H])C([2H])([2H])C([2H])([2H])CCCCCCCCCC[C@H](O)C(=O)N[C@@H](CO)[C@H](O)[C@H](O)CCCCCCCCCCCCCC. The van der Waals surface area contributed by atoms with Gasteiger partial charge in [0, 0.05) is 12.3 Å². The van der Waals surface area contributed by atoms with Crippen molar-refractivity contribution < 1.29 is 37.6 Å². The van der Waals surface area contributed by atoms with Crippen LogP contribution in [-0.2, 0) is 4.79 Å². The molecule has 6 heteroatoms. The minimum absolute atomic E-state index is 0.211. The van der Waals surface area contributed by atoms with E-state index in [1.54, 1.807) is 0 Å². The Labute approximate surface area is 260 Å². The van der Waals surface area contributed by atoms with Gasteiger partial charge >= 0.3 is 0 Å². The summed E-state index contributed by atoms with van der Waals surface area (Å²) in [6, 6.07) is -1.08. The Morgan fingerprint density at radius 1 is 0.675 bits per heavy atom. The van der Waals surface area contributed by atoms with Crippen LogP contribution in [0.15, 0.2) is 0 Å². The first-order valence-corrected chi connectivity index (χ1v) is 16.3. The van der Waals surface area contributed by atoms with E-state index in [1.807, 2.05) is 0 Å². The first-order chi connectivity index (χ1) is 22.9. The number of unbranched alkanes of at least 4 members (excludes halogenated alkanes) is 18. The number of hydrogen-bond acceptors (Lipinski definition) is 5. The molecule has 0 aliphatic heterocycles. The molecule has 0 aliphatic rings. The van der Waals surface area contributed by atoms with Crippen LogP contribution >= 0.6 is 0 Å². The highest BCUT2D eigenvalue weighted by Gasteiger charge is 2.28. The highest BCUT2D eigenvalue weighted by Crippen LogP contribution is 2.16. The molecule has 0 rings (SSSR count). The molecule has 6 nitrogen and oxygen atoms in total. The average Bonchev–Trinajstić information content (AvgIpc) is 3.03. The van der Waals surface area contributed by atoms with Crippen LogP contribution in [0.1, 0.15) is 193 Å². The summed E-state index contributed by atoms with van der Waals surface area (Å²) < 4.78 is 68.9. The first-order valence-electron chi connectivity index (χ1n) is 20.8. The van der Waals surface area contributed by atoms with Gasteiger partial charge in [-0.15, -0.1) is 0 Å². The number of aliphatic hydroxyl groups is 4. The van der Waals surface area contributed by atoms with Crippen molar-refractivity contribution in [3.63, 3.8) is 0 Å². The molecule has 0 radical (unpaired) electrons. The van der Waals surface area contributed by atoms with Crippen LogP contribution in [0.2, 0.25) is 0 Å². The molecule has 0 unspecified atom stereocenters. The molecule has 0 saturated carbocycles. The molecule has 0 aromatic heterocycles. The maximum Gasteiger partial charge on any atom is 0.249 e. The van der Waals surface area contributed by atoms with Gasteiger partial charge < -0.3 is 25.7 Å². The van der Waals surface area contributed by atoms with E-state index < -0.39 is 62.8 Å². The Hall–Kier alpha value is -0.690. The molecule has 1 amide bonds. The van der Waals surface area contributed by atoms with Crippen LogP contribution in [0.3, 0.4) is 0 Å². The Kier molecular flexibility index (Phi) is 19.2. The Morgan fingerprint density at radius 3 is 1.60 bits per heavy atom. The first kappa shape index (κ1) is 25.8. The molecule has 4 atom stereocenters. The van der Waals surface area contributed by atoms with Crippen molar-refractivity contribution in [2.45, 2.75) is 205 Å². The maximum atomic E-state index is 12.5. The van der Waals surface area contributed by atoms with Crippen LogP contribution in [0, 0.1) is 0 Å². The third kappa shape index (κ3) is 24.0. The highest BCUT2D eigenvalue weighted by atomic mass is 16.3. The van der Waals surface area contributed by atoms with Gasteiger partial charge in [-0.25, -0.2) is 0 Å². The van der Waals surface area contributed by atoms with E-state index in [0.717, 1.165) is 57.8 Å². The molecule has 40 heavy (non-hydrogen) atoms. The number of hydrogen-bond donors (Lipinski definition) is 5. The Balaban J connectivity index is 4.10.